The number of carbonyl (C=O) groups excluding carboxylic acids is 2. The van der Waals surface area contributed by atoms with E-state index in [1.807, 2.05) is 24.3 Å². The van der Waals surface area contributed by atoms with Crippen LogP contribution in [0, 0.1) is 0 Å². The van der Waals surface area contributed by atoms with Crippen LogP contribution >= 0.6 is 0 Å². The van der Waals surface area contributed by atoms with Gasteiger partial charge in [-0.15, -0.1) is 0 Å². The smallest absolute Gasteiger partial charge is 0.412 e. The molecule has 22 heavy (non-hydrogen) atoms. The summed E-state index contributed by atoms with van der Waals surface area (Å²) in [5.41, 5.74) is 0.284. The first kappa shape index (κ1) is 15.8. The van der Waals surface area contributed by atoms with Crippen LogP contribution in [0.1, 0.15) is 31.1 Å². The number of methoxy groups -OCH3 is 1. The molecule has 1 N–H and O–H groups in total. The van der Waals surface area contributed by atoms with Crippen molar-refractivity contribution < 1.29 is 19.1 Å². The lowest BCUT2D eigenvalue weighted by atomic mass is 10.0. The Morgan fingerprint density at radius 2 is 1.77 bits per heavy atom. The van der Waals surface area contributed by atoms with Crippen LogP contribution in [0.3, 0.4) is 0 Å². The molecule has 116 valence electrons. The lowest BCUT2D eigenvalue weighted by Gasteiger charge is -2.20. The van der Waals surface area contributed by atoms with Crippen LogP contribution in [-0.4, -0.2) is 24.8 Å². The van der Waals surface area contributed by atoms with Crippen LogP contribution in [-0.2, 0) is 9.47 Å². The summed E-state index contributed by atoms with van der Waals surface area (Å²) in [6.07, 6.45) is -0.571. The first-order valence-electron chi connectivity index (χ1n) is 6.91. The van der Waals surface area contributed by atoms with E-state index in [2.05, 4.69) is 5.32 Å². The number of amides is 1. The number of rotatable bonds is 2. The molecule has 0 aliphatic rings. The molecule has 0 atom stereocenters. The summed E-state index contributed by atoms with van der Waals surface area (Å²) in [6, 6.07) is 10.8. The van der Waals surface area contributed by atoms with Gasteiger partial charge in [-0.2, -0.15) is 0 Å². The Bertz CT molecular complexity index is 716. The molecule has 0 heterocycles. The monoisotopic (exact) mass is 301 g/mol. The Labute approximate surface area is 129 Å². The number of esters is 1. The molecule has 2 aromatic carbocycles. The number of hydrogen-bond donors (Lipinski definition) is 1. The van der Waals surface area contributed by atoms with Gasteiger partial charge >= 0.3 is 12.1 Å². The van der Waals surface area contributed by atoms with Crippen molar-refractivity contribution in [3.05, 3.63) is 42.0 Å². The van der Waals surface area contributed by atoms with E-state index in [1.165, 1.54) is 7.11 Å². The van der Waals surface area contributed by atoms with Crippen LogP contribution in [0.4, 0.5) is 10.5 Å². The topological polar surface area (TPSA) is 64.6 Å². The third kappa shape index (κ3) is 3.75. The maximum absolute atomic E-state index is 11.9. The van der Waals surface area contributed by atoms with Crippen LogP contribution in [0.15, 0.2) is 36.4 Å². The van der Waals surface area contributed by atoms with Crippen LogP contribution in [0.25, 0.3) is 10.8 Å². The number of hydrogen-bond acceptors (Lipinski definition) is 4. The summed E-state index contributed by atoms with van der Waals surface area (Å²) >= 11 is 0. The number of nitrogens with one attached hydrogen (secondary N) is 1. The second-order valence-electron chi connectivity index (χ2n) is 5.86. The van der Waals surface area contributed by atoms with E-state index in [1.54, 1.807) is 32.9 Å². The van der Waals surface area contributed by atoms with E-state index in [-0.39, 0.29) is 0 Å². The number of benzene rings is 2. The first-order valence-corrected chi connectivity index (χ1v) is 6.91. The number of anilines is 1. The molecule has 5 nitrogen and oxygen atoms in total. The molecule has 1 amide bonds. The van der Waals surface area contributed by atoms with Gasteiger partial charge in [-0.05, 0) is 43.7 Å². The van der Waals surface area contributed by atoms with E-state index < -0.39 is 17.7 Å². The van der Waals surface area contributed by atoms with Gasteiger partial charge < -0.3 is 9.47 Å². The predicted molar refractivity (Wildman–Crippen MR) is 85.1 cm³/mol. The van der Waals surface area contributed by atoms with Crippen molar-refractivity contribution in [2.24, 2.45) is 0 Å². The normalized spacial score (nSPS) is 11.1. The number of ether oxygens (including phenoxy) is 2. The SMILES string of the molecule is COC(=O)c1cc(NC(=O)OC(C)(C)C)cc2ccccc12. The number of carbonyl (C=O) groups is 2. The molecule has 0 fully saturated rings. The van der Waals surface area contributed by atoms with Crippen LogP contribution in [0.5, 0.6) is 0 Å². The van der Waals surface area contributed by atoms with Crippen LogP contribution in [0.2, 0.25) is 0 Å². The van der Waals surface area contributed by atoms with Crippen LogP contribution < -0.4 is 5.32 Å². The molecule has 0 saturated heterocycles. The Morgan fingerprint density at radius 1 is 1.09 bits per heavy atom. The van der Waals surface area contributed by atoms with Gasteiger partial charge in [-0.3, -0.25) is 5.32 Å². The van der Waals surface area contributed by atoms with Gasteiger partial charge in [0.05, 0.1) is 12.7 Å². The van der Waals surface area contributed by atoms with Gasteiger partial charge in [0, 0.05) is 5.69 Å². The zero-order valence-electron chi connectivity index (χ0n) is 13.1. The highest BCUT2D eigenvalue weighted by Gasteiger charge is 2.18. The van der Waals surface area contributed by atoms with E-state index in [4.69, 9.17) is 9.47 Å². The summed E-state index contributed by atoms with van der Waals surface area (Å²) in [5.74, 6) is -0.455. The first-order chi connectivity index (χ1) is 10.3. The zero-order valence-corrected chi connectivity index (χ0v) is 13.1. The minimum absolute atomic E-state index is 0.395. The van der Waals surface area contributed by atoms with Crippen molar-refractivity contribution in [1.82, 2.24) is 0 Å². The molecular formula is C17H19NO4. The minimum atomic E-state index is -0.591. The molecular weight excluding hydrogens is 282 g/mol. The predicted octanol–water partition coefficient (Wildman–Crippen LogP) is 3.97. The summed E-state index contributed by atoms with van der Waals surface area (Å²) in [6.45, 7) is 5.35. The fourth-order valence-corrected chi connectivity index (χ4v) is 2.08. The standard InChI is InChI=1S/C17H19NO4/c1-17(2,3)22-16(20)18-12-9-11-7-5-6-8-13(11)14(10-12)15(19)21-4/h5-10H,1-4H3,(H,18,20). The molecule has 0 bridgehead atoms. The molecule has 0 aliphatic carbocycles. The van der Waals surface area contributed by atoms with E-state index in [9.17, 15) is 9.59 Å². The highest BCUT2D eigenvalue weighted by atomic mass is 16.6. The second-order valence-corrected chi connectivity index (χ2v) is 5.86. The molecule has 0 aliphatic heterocycles. The van der Waals surface area contributed by atoms with Crippen molar-refractivity contribution in [3.63, 3.8) is 0 Å². The zero-order chi connectivity index (χ0) is 16.3. The highest BCUT2D eigenvalue weighted by Crippen LogP contribution is 2.25. The van der Waals surface area contributed by atoms with Gasteiger partial charge in [0.1, 0.15) is 5.60 Å². The van der Waals surface area contributed by atoms with Gasteiger partial charge in [0.25, 0.3) is 0 Å². The summed E-state index contributed by atoms with van der Waals surface area (Å²) in [7, 11) is 1.32. The second kappa shape index (κ2) is 6.05. The van der Waals surface area contributed by atoms with Gasteiger partial charge in [-0.1, -0.05) is 24.3 Å². The van der Waals surface area contributed by atoms with E-state index in [0.717, 1.165) is 10.8 Å². The molecule has 0 spiro atoms. The average Bonchev–Trinajstić information content (AvgIpc) is 2.43. The fourth-order valence-electron chi connectivity index (χ4n) is 2.08. The number of fused-ring (bicyclic) bond motifs is 1. The van der Waals surface area contributed by atoms with Gasteiger partial charge in [-0.25, -0.2) is 9.59 Å². The van der Waals surface area contributed by atoms with Crippen molar-refractivity contribution in [1.29, 1.82) is 0 Å². The highest BCUT2D eigenvalue weighted by molar-refractivity contribution is 6.07. The molecule has 0 aromatic heterocycles. The fraction of sp³-hybridized carbons (Fsp3) is 0.294. The molecule has 0 unspecified atom stereocenters. The van der Waals surface area contributed by atoms with E-state index in [0.29, 0.717) is 11.3 Å². The lowest BCUT2D eigenvalue weighted by Crippen LogP contribution is -2.27. The Morgan fingerprint density at radius 3 is 2.41 bits per heavy atom. The van der Waals surface area contributed by atoms with Crippen molar-refractivity contribution in [3.8, 4) is 0 Å². The molecule has 0 saturated carbocycles. The largest absolute Gasteiger partial charge is 0.465 e. The summed E-state index contributed by atoms with van der Waals surface area (Å²) in [4.78, 5) is 23.8. The van der Waals surface area contributed by atoms with Gasteiger partial charge in [0.15, 0.2) is 0 Å². The molecule has 2 aromatic rings. The lowest BCUT2D eigenvalue weighted by molar-refractivity contribution is 0.0598. The molecule has 2 rings (SSSR count). The van der Waals surface area contributed by atoms with Crippen molar-refractivity contribution >= 4 is 28.5 Å². The van der Waals surface area contributed by atoms with E-state index >= 15 is 0 Å². The Balaban J connectivity index is 2.39. The maximum Gasteiger partial charge on any atom is 0.412 e. The quantitative estimate of drug-likeness (QED) is 0.852. The maximum atomic E-state index is 11.9. The third-order valence-electron chi connectivity index (χ3n) is 2.91. The van der Waals surface area contributed by atoms with Gasteiger partial charge in [0.2, 0.25) is 0 Å². The molecule has 0 radical (unpaired) electrons. The van der Waals surface area contributed by atoms with Crippen molar-refractivity contribution in [2.75, 3.05) is 12.4 Å². The molecule has 5 heteroatoms. The summed E-state index contributed by atoms with van der Waals surface area (Å²) in [5, 5.41) is 4.24. The Kier molecular flexibility index (Phi) is 4.35. The Hall–Kier alpha value is -2.56. The third-order valence-corrected chi connectivity index (χ3v) is 2.91. The van der Waals surface area contributed by atoms with Crippen molar-refractivity contribution in [2.45, 2.75) is 26.4 Å². The average molecular weight is 301 g/mol. The minimum Gasteiger partial charge on any atom is -0.465 e. The summed E-state index contributed by atoms with van der Waals surface area (Å²) < 4.78 is 10.0.